The lowest BCUT2D eigenvalue weighted by Gasteiger charge is -2.46. The van der Waals surface area contributed by atoms with Crippen molar-refractivity contribution in [3.63, 3.8) is 0 Å². The minimum absolute atomic E-state index is 0.229. The maximum atomic E-state index is 12.9. The van der Waals surface area contributed by atoms with Gasteiger partial charge in [0.05, 0.1) is 0 Å². The molecule has 84 valence electrons. The number of fused-ring (bicyclic) bond motifs is 2. The molecule has 0 aromatic rings. The number of hydrogen-bond acceptors (Lipinski definition) is 1. The number of carboxylic acid groups (broad SMARTS) is 1. The summed E-state index contributed by atoms with van der Waals surface area (Å²) in [4.78, 5) is 11.0. The van der Waals surface area contributed by atoms with Crippen LogP contribution in [0.5, 0.6) is 0 Å². The lowest BCUT2D eigenvalue weighted by molar-refractivity contribution is -0.253. The standard InChI is InChI=1S/C10H11F3O2/c11-10(12,13)9(8(14)15)5-6-1-3-7(9)4-2-6/h1,3,6-7H,2,4-5H2,(H,14,15). The van der Waals surface area contributed by atoms with Crippen LogP contribution in [-0.2, 0) is 4.79 Å². The summed E-state index contributed by atoms with van der Waals surface area (Å²) in [6.45, 7) is 0. The summed E-state index contributed by atoms with van der Waals surface area (Å²) >= 11 is 0. The third-order valence-electron chi connectivity index (χ3n) is 3.57. The molecule has 3 atom stereocenters. The molecule has 3 aliphatic carbocycles. The molecule has 3 aliphatic rings. The number of allylic oxidation sites excluding steroid dienone is 2. The van der Waals surface area contributed by atoms with E-state index in [-0.39, 0.29) is 12.3 Å². The number of alkyl halides is 3. The molecule has 1 fully saturated rings. The van der Waals surface area contributed by atoms with Crippen LogP contribution in [0.25, 0.3) is 0 Å². The molecule has 1 saturated carbocycles. The zero-order chi connectivity index (χ0) is 11.3. The number of rotatable bonds is 1. The van der Waals surface area contributed by atoms with Crippen LogP contribution in [-0.4, -0.2) is 17.3 Å². The van der Waals surface area contributed by atoms with Gasteiger partial charge in [-0.25, -0.2) is 0 Å². The van der Waals surface area contributed by atoms with Crippen LogP contribution < -0.4 is 0 Å². The summed E-state index contributed by atoms with van der Waals surface area (Å²) in [5.41, 5.74) is -2.54. The Kier molecular flexibility index (Phi) is 2.10. The summed E-state index contributed by atoms with van der Waals surface area (Å²) < 4.78 is 38.7. The SMILES string of the molecule is O=C(O)C1(C(F)(F)F)CC2C=CC1CC2. The first-order valence-corrected chi connectivity index (χ1v) is 4.86. The van der Waals surface area contributed by atoms with Crippen LogP contribution >= 0.6 is 0 Å². The van der Waals surface area contributed by atoms with Gasteiger partial charge in [-0.2, -0.15) is 13.2 Å². The number of carboxylic acids is 1. The van der Waals surface area contributed by atoms with Gasteiger partial charge in [0.15, 0.2) is 5.41 Å². The summed E-state index contributed by atoms with van der Waals surface area (Å²) in [7, 11) is 0. The van der Waals surface area contributed by atoms with Gasteiger partial charge in [-0.15, -0.1) is 0 Å². The van der Waals surface area contributed by atoms with Crippen molar-refractivity contribution in [2.45, 2.75) is 25.4 Å². The van der Waals surface area contributed by atoms with Crippen molar-refractivity contribution in [1.29, 1.82) is 0 Å². The summed E-state index contributed by atoms with van der Waals surface area (Å²) in [5.74, 6) is -2.85. The number of aliphatic carboxylic acids is 1. The molecule has 15 heavy (non-hydrogen) atoms. The van der Waals surface area contributed by atoms with E-state index in [4.69, 9.17) is 5.11 Å². The predicted molar refractivity (Wildman–Crippen MR) is 46.1 cm³/mol. The van der Waals surface area contributed by atoms with Crippen LogP contribution in [0.2, 0.25) is 0 Å². The van der Waals surface area contributed by atoms with Crippen LogP contribution in [0.15, 0.2) is 12.2 Å². The molecule has 0 spiro atoms. The molecule has 2 bridgehead atoms. The second-order valence-corrected chi connectivity index (χ2v) is 4.31. The van der Waals surface area contributed by atoms with Gasteiger partial charge in [-0.1, -0.05) is 12.2 Å². The van der Waals surface area contributed by atoms with E-state index in [1.807, 2.05) is 0 Å². The Balaban J connectivity index is 2.46. The average molecular weight is 220 g/mol. The molecule has 1 N–H and O–H groups in total. The van der Waals surface area contributed by atoms with Crippen molar-refractivity contribution in [3.05, 3.63) is 12.2 Å². The van der Waals surface area contributed by atoms with Gasteiger partial charge in [-0.05, 0) is 25.2 Å². The van der Waals surface area contributed by atoms with Crippen LogP contribution in [0.4, 0.5) is 13.2 Å². The average Bonchev–Trinajstić information content (AvgIpc) is 2.17. The second kappa shape index (κ2) is 3.00. The second-order valence-electron chi connectivity index (χ2n) is 4.31. The Labute approximate surface area is 84.8 Å². The van der Waals surface area contributed by atoms with Crippen molar-refractivity contribution in [2.75, 3.05) is 0 Å². The van der Waals surface area contributed by atoms with E-state index < -0.39 is 23.5 Å². The highest BCUT2D eigenvalue weighted by Crippen LogP contribution is 2.57. The molecule has 0 heterocycles. The van der Waals surface area contributed by atoms with Crippen molar-refractivity contribution < 1.29 is 23.1 Å². The van der Waals surface area contributed by atoms with E-state index in [0.717, 1.165) is 0 Å². The Bertz CT molecular complexity index is 321. The van der Waals surface area contributed by atoms with Gasteiger partial charge in [0.25, 0.3) is 0 Å². The maximum absolute atomic E-state index is 12.9. The minimum Gasteiger partial charge on any atom is -0.481 e. The van der Waals surface area contributed by atoms with Gasteiger partial charge in [-0.3, -0.25) is 4.79 Å². The molecule has 0 amide bonds. The third-order valence-corrected chi connectivity index (χ3v) is 3.57. The summed E-state index contributed by atoms with van der Waals surface area (Å²) in [6, 6.07) is 0. The molecule has 2 nitrogen and oxygen atoms in total. The zero-order valence-corrected chi connectivity index (χ0v) is 7.92. The van der Waals surface area contributed by atoms with E-state index in [1.54, 1.807) is 6.08 Å². The molecule has 0 radical (unpaired) electrons. The Morgan fingerprint density at radius 1 is 1.33 bits per heavy atom. The first-order valence-electron chi connectivity index (χ1n) is 4.86. The van der Waals surface area contributed by atoms with E-state index in [9.17, 15) is 18.0 Å². The number of carbonyl (C=O) groups is 1. The van der Waals surface area contributed by atoms with Gasteiger partial charge >= 0.3 is 12.1 Å². The lowest BCUT2D eigenvalue weighted by atomic mass is 9.59. The fourth-order valence-corrected chi connectivity index (χ4v) is 2.72. The topological polar surface area (TPSA) is 37.3 Å². The van der Waals surface area contributed by atoms with Crippen LogP contribution in [0.3, 0.4) is 0 Å². The molecular formula is C10H11F3O2. The van der Waals surface area contributed by atoms with E-state index in [2.05, 4.69) is 0 Å². The number of hydrogen-bond donors (Lipinski definition) is 1. The summed E-state index contributed by atoms with van der Waals surface area (Å²) in [6.07, 6.45) is -0.806. The monoisotopic (exact) mass is 220 g/mol. The zero-order valence-electron chi connectivity index (χ0n) is 7.92. The minimum atomic E-state index is -4.66. The van der Waals surface area contributed by atoms with Gasteiger partial charge in [0.1, 0.15) is 0 Å². The van der Waals surface area contributed by atoms with Crippen molar-refractivity contribution in [2.24, 2.45) is 17.3 Å². The lowest BCUT2D eigenvalue weighted by Crippen LogP contribution is -2.54. The van der Waals surface area contributed by atoms with Crippen molar-refractivity contribution in [3.8, 4) is 0 Å². The van der Waals surface area contributed by atoms with Gasteiger partial charge < -0.3 is 5.11 Å². The molecule has 0 aromatic heterocycles. The molecular weight excluding hydrogens is 209 g/mol. The molecule has 5 heteroatoms. The van der Waals surface area contributed by atoms with Crippen LogP contribution in [0.1, 0.15) is 19.3 Å². The fraction of sp³-hybridized carbons (Fsp3) is 0.700. The van der Waals surface area contributed by atoms with Crippen molar-refractivity contribution >= 4 is 5.97 Å². The Morgan fingerprint density at radius 3 is 2.20 bits per heavy atom. The van der Waals surface area contributed by atoms with E-state index in [1.165, 1.54) is 6.08 Å². The van der Waals surface area contributed by atoms with Gasteiger partial charge in [0.2, 0.25) is 0 Å². The van der Waals surface area contributed by atoms with Crippen LogP contribution in [0, 0.1) is 17.3 Å². The normalized spacial score (nSPS) is 39.4. The van der Waals surface area contributed by atoms with Gasteiger partial charge in [0, 0.05) is 5.92 Å². The first-order chi connectivity index (χ1) is 6.88. The Hall–Kier alpha value is -1.00. The highest BCUT2D eigenvalue weighted by Gasteiger charge is 2.66. The number of halogens is 3. The Morgan fingerprint density at radius 2 is 2.00 bits per heavy atom. The third kappa shape index (κ3) is 1.28. The van der Waals surface area contributed by atoms with E-state index >= 15 is 0 Å². The molecule has 3 rings (SSSR count). The molecule has 0 aromatic carbocycles. The highest BCUT2D eigenvalue weighted by molar-refractivity contribution is 5.77. The molecule has 3 unspecified atom stereocenters. The highest BCUT2D eigenvalue weighted by atomic mass is 19.4. The predicted octanol–water partition coefficient (Wildman–Crippen LogP) is 2.61. The largest absolute Gasteiger partial charge is 0.481 e. The van der Waals surface area contributed by atoms with Crippen molar-refractivity contribution in [1.82, 2.24) is 0 Å². The maximum Gasteiger partial charge on any atom is 0.405 e. The fourth-order valence-electron chi connectivity index (χ4n) is 2.72. The first kappa shape index (κ1) is 10.5. The summed E-state index contributed by atoms with van der Waals surface area (Å²) in [5, 5.41) is 8.89. The smallest absolute Gasteiger partial charge is 0.405 e. The molecule has 0 aliphatic heterocycles. The quantitative estimate of drug-likeness (QED) is 0.689. The molecule has 0 saturated heterocycles. The van der Waals surface area contributed by atoms with E-state index in [0.29, 0.717) is 12.8 Å².